The fraction of sp³-hybridized carbons (Fsp3) is 0.214. The summed E-state index contributed by atoms with van der Waals surface area (Å²) in [5.41, 5.74) is 4.93. The summed E-state index contributed by atoms with van der Waals surface area (Å²) in [6.07, 6.45) is 1.93. The summed E-state index contributed by atoms with van der Waals surface area (Å²) in [5.74, 6) is 0.803. The van der Waals surface area contributed by atoms with Crippen molar-refractivity contribution < 1.29 is 4.79 Å². The van der Waals surface area contributed by atoms with Gasteiger partial charge in [-0.3, -0.25) is 4.79 Å². The van der Waals surface area contributed by atoms with Gasteiger partial charge in [0.05, 0.1) is 0 Å². The van der Waals surface area contributed by atoms with E-state index in [9.17, 15) is 4.79 Å². The average Bonchev–Trinajstić information content (AvgIpc) is 2.90. The number of carbonyl (C=O) groups excluding carboxylic acids is 1. The van der Waals surface area contributed by atoms with Gasteiger partial charge in [0.15, 0.2) is 0 Å². The van der Waals surface area contributed by atoms with Crippen LogP contribution >= 0.6 is 0 Å². The van der Waals surface area contributed by atoms with Crippen LogP contribution in [0.3, 0.4) is 0 Å². The lowest BCUT2D eigenvalue weighted by atomic mass is 10.1. The first-order chi connectivity index (χ1) is 17.5. The second kappa shape index (κ2) is 11.8. The minimum atomic E-state index is -0.582. The zero-order chi connectivity index (χ0) is 25.3. The van der Waals surface area contributed by atoms with Crippen LogP contribution in [0.15, 0.2) is 78.9 Å². The Kier molecular flexibility index (Phi) is 8.08. The highest BCUT2D eigenvalue weighted by atomic mass is 16.2. The van der Waals surface area contributed by atoms with Crippen LogP contribution in [-0.2, 0) is 17.6 Å². The first-order valence-electron chi connectivity index (χ1n) is 12.1. The molecule has 1 aromatic heterocycles. The smallest absolute Gasteiger partial charge is 0.246 e. The third-order valence-electron chi connectivity index (χ3n) is 5.65. The number of nitrogens with zero attached hydrogens (tertiary/aromatic N) is 3. The van der Waals surface area contributed by atoms with E-state index in [1.165, 1.54) is 11.1 Å². The van der Waals surface area contributed by atoms with Gasteiger partial charge in [-0.1, -0.05) is 56.3 Å². The maximum atomic E-state index is 12.7. The molecule has 0 saturated heterocycles. The lowest BCUT2D eigenvalue weighted by Crippen LogP contribution is -2.32. The summed E-state index contributed by atoms with van der Waals surface area (Å²) >= 11 is 0. The van der Waals surface area contributed by atoms with Gasteiger partial charge in [-0.15, -0.1) is 0 Å². The molecule has 184 valence electrons. The quantitative estimate of drug-likeness (QED) is 0.223. The van der Waals surface area contributed by atoms with E-state index in [-0.39, 0.29) is 11.9 Å². The summed E-state index contributed by atoms with van der Waals surface area (Å²) in [7, 11) is 0. The lowest BCUT2D eigenvalue weighted by Gasteiger charge is -2.16. The number of amides is 1. The van der Waals surface area contributed by atoms with E-state index in [4.69, 9.17) is 0 Å². The number of nitrogens with one attached hydrogen (secondary N) is 4. The molecule has 1 heterocycles. The summed E-state index contributed by atoms with van der Waals surface area (Å²) < 4.78 is 0. The van der Waals surface area contributed by atoms with Crippen molar-refractivity contribution in [2.45, 2.75) is 39.7 Å². The van der Waals surface area contributed by atoms with E-state index in [0.29, 0.717) is 11.9 Å². The number of hydrogen-bond donors (Lipinski definition) is 4. The minimum absolute atomic E-state index is 0.198. The predicted molar refractivity (Wildman–Crippen MR) is 146 cm³/mol. The van der Waals surface area contributed by atoms with Crippen molar-refractivity contribution in [1.82, 2.24) is 15.0 Å². The molecule has 8 heteroatoms. The maximum Gasteiger partial charge on any atom is 0.246 e. The molecular formula is C28H31N7O. The van der Waals surface area contributed by atoms with Gasteiger partial charge in [0, 0.05) is 17.1 Å². The van der Waals surface area contributed by atoms with Gasteiger partial charge in [-0.05, 0) is 67.3 Å². The van der Waals surface area contributed by atoms with Crippen LogP contribution in [0.5, 0.6) is 0 Å². The largest absolute Gasteiger partial charge is 0.342 e. The molecule has 0 aliphatic rings. The Balaban J connectivity index is 1.55. The van der Waals surface area contributed by atoms with Gasteiger partial charge in [0.1, 0.15) is 6.04 Å². The molecule has 0 spiro atoms. The number of aryl methyl sites for hydroxylation is 2. The average molecular weight is 482 g/mol. The van der Waals surface area contributed by atoms with Crippen molar-refractivity contribution in [2.24, 2.45) is 0 Å². The van der Waals surface area contributed by atoms with Crippen LogP contribution in [0.25, 0.3) is 0 Å². The van der Waals surface area contributed by atoms with E-state index in [1.54, 1.807) is 6.92 Å². The number of rotatable bonds is 10. The van der Waals surface area contributed by atoms with Crippen molar-refractivity contribution >= 4 is 40.8 Å². The Morgan fingerprint density at radius 1 is 0.667 bits per heavy atom. The first kappa shape index (κ1) is 24.7. The molecule has 8 nitrogen and oxygen atoms in total. The van der Waals surface area contributed by atoms with Crippen molar-refractivity contribution in [2.75, 3.05) is 21.3 Å². The van der Waals surface area contributed by atoms with Crippen LogP contribution in [0.4, 0.5) is 34.9 Å². The second-order valence-electron chi connectivity index (χ2n) is 8.38. The molecule has 1 atom stereocenters. The molecule has 1 amide bonds. The standard InChI is InChI=1S/C28H31N7O/c1-4-20-11-15-23(16-12-20)31-27-33-26(29-19(3)25(36)30-22-9-7-6-8-10-22)34-28(35-27)32-24-17-13-21(5-2)14-18-24/h6-19H,4-5H2,1-3H3,(H,30,36)(H3,29,31,32,33,34,35)/t19-/m1/s1. The summed E-state index contributed by atoms with van der Waals surface area (Å²) in [4.78, 5) is 26.3. The monoisotopic (exact) mass is 481 g/mol. The van der Waals surface area contributed by atoms with Gasteiger partial charge >= 0.3 is 0 Å². The molecule has 0 radical (unpaired) electrons. The van der Waals surface area contributed by atoms with Crippen LogP contribution < -0.4 is 21.3 Å². The van der Waals surface area contributed by atoms with E-state index < -0.39 is 6.04 Å². The molecular weight excluding hydrogens is 450 g/mol. The summed E-state index contributed by atoms with van der Waals surface area (Å²) in [6.45, 7) is 5.99. The Morgan fingerprint density at radius 2 is 1.14 bits per heavy atom. The van der Waals surface area contributed by atoms with Gasteiger partial charge in [-0.2, -0.15) is 15.0 Å². The molecule has 0 aliphatic carbocycles. The number of hydrogen-bond acceptors (Lipinski definition) is 7. The van der Waals surface area contributed by atoms with Crippen LogP contribution in [-0.4, -0.2) is 26.9 Å². The Morgan fingerprint density at radius 3 is 1.61 bits per heavy atom. The zero-order valence-electron chi connectivity index (χ0n) is 20.7. The second-order valence-corrected chi connectivity index (χ2v) is 8.38. The van der Waals surface area contributed by atoms with Crippen molar-refractivity contribution in [3.05, 3.63) is 90.0 Å². The maximum absolute atomic E-state index is 12.7. The fourth-order valence-electron chi connectivity index (χ4n) is 3.49. The fourth-order valence-corrected chi connectivity index (χ4v) is 3.49. The molecule has 0 fully saturated rings. The molecule has 4 N–H and O–H groups in total. The third-order valence-corrected chi connectivity index (χ3v) is 5.65. The van der Waals surface area contributed by atoms with Gasteiger partial charge in [0.2, 0.25) is 23.8 Å². The number of para-hydroxylation sites is 1. The predicted octanol–water partition coefficient (Wildman–Crippen LogP) is 5.92. The molecule has 0 saturated carbocycles. The number of anilines is 6. The highest BCUT2D eigenvalue weighted by molar-refractivity contribution is 5.96. The van der Waals surface area contributed by atoms with Crippen molar-refractivity contribution in [3.8, 4) is 0 Å². The van der Waals surface area contributed by atoms with Crippen molar-refractivity contribution in [1.29, 1.82) is 0 Å². The van der Waals surface area contributed by atoms with Crippen LogP contribution in [0.1, 0.15) is 31.9 Å². The number of benzene rings is 3. The van der Waals surface area contributed by atoms with E-state index in [0.717, 1.165) is 29.9 Å². The highest BCUT2D eigenvalue weighted by Gasteiger charge is 2.16. The van der Waals surface area contributed by atoms with Gasteiger partial charge < -0.3 is 21.3 Å². The topological polar surface area (TPSA) is 104 Å². The van der Waals surface area contributed by atoms with Crippen LogP contribution in [0, 0.1) is 0 Å². The molecule has 4 aromatic rings. The zero-order valence-corrected chi connectivity index (χ0v) is 20.7. The SMILES string of the molecule is CCc1ccc(Nc2nc(Nc3ccc(CC)cc3)nc(N[C@H](C)C(=O)Nc3ccccc3)n2)cc1. The number of aromatic nitrogens is 3. The Labute approximate surface area is 211 Å². The van der Waals surface area contributed by atoms with E-state index in [1.807, 2.05) is 54.6 Å². The van der Waals surface area contributed by atoms with E-state index in [2.05, 4.69) is 74.3 Å². The van der Waals surface area contributed by atoms with Gasteiger partial charge in [-0.25, -0.2) is 0 Å². The molecule has 0 unspecified atom stereocenters. The summed E-state index contributed by atoms with van der Waals surface area (Å²) in [6, 6.07) is 24.9. The summed E-state index contributed by atoms with van der Waals surface area (Å²) in [5, 5.41) is 12.5. The molecule has 3 aromatic carbocycles. The van der Waals surface area contributed by atoms with E-state index >= 15 is 0 Å². The van der Waals surface area contributed by atoms with Crippen LogP contribution in [0.2, 0.25) is 0 Å². The van der Waals surface area contributed by atoms with Crippen molar-refractivity contribution in [3.63, 3.8) is 0 Å². The Bertz CT molecular complexity index is 1210. The molecule has 4 rings (SSSR count). The Hall–Kier alpha value is -4.46. The third kappa shape index (κ3) is 6.79. The molecule has 36 heavy (non-hydrogen) atoms. The minimum Gasteiger partial charge on any atom is -0.342 e. The lowest BCUT2D eigenvalue weighted by molar-refractivity contribution is -0.116. The number of carbonyl (C=O) groups is 1. The highest BCUT2D eigenvalue weighted by Crippen LogP contribution is 2.20. The molecule has 0 aliphatic heterocycles. The first-order valence-corrected chi connectivity index (χ1v) is 12.1. The normalized spacial score (nSPS) is 11.4. The molecule has 0 bridgehead atoms. The van der Waals surface area contributed by atoms with Gasteiger partial charge in [0.25, 0.3) is 0 Å².